The van der Waals surface area contributed by atoms with Crippen LogP contribution in [0.4, 0.5) is 0 Å². The van der Waals surface area contributed by atoms with Crippen LogP contribution in [0.15, 0.2) is 114 Å². The van der Waals surface area contributed by atoms with Gasteiger partial charge in [-0.25, -0.2) is 0 Å². The Hall–Kier alpha value is -4.34. The third-order valence-corrected chi connectivity index (χ3v) is 16.3. The van der Waals surface area contributed by atoms with E-state index in [0.717, 1.165) is 44.3 Å². The van der Waals surface area contributed by atoms with Gasteiger partial charge in [-0.3, -0.25) is 14.5 Å². The summed E-state index contributed by atoms with van der Waals surface area (Å²) in [7, 11) is -1.48. The number of phenolic OH excluding ortho intramolecular Hbond substituents is 1. The van der Waals surface area contributed by atoms with Gasteiger partial charge in [-0.1, -0.05) is 130 Å². The molecule has 2 amide bonds. The molecule has 0 spiro atoms. The van der Waals surface area contributed by atoms with Gasteiger partial charge in [0.2, 0.25) is 11.8 Å². The molecule has 7 nitrogen and oxygen atoms in total. The molecule has 0 radical (unpaired) electrons. The van der Waals surface area contributed by atoms with Crippen LogP contribution in [-0.4, -0.2) is 66.7 Å². The molecule has 1 saturated heterocycles. The molecule has 6 rings (SSSR count). The van der Waals surface area contributed by atoms with Crippen LogP contribution < -0.4 is 10.4 Å². The van der Waals surface area contributed by atoms with Gasteiger partial charge in [0.05, 0.1) is 31.2 Å². The Labute approximate surface area is 308 Å². The van der Waals surface area contributed by atoms with Gasteiger partial charge in [0.15, 0.2) is 0 Å². The molecule has 1 aliphatic heterocycles. The number of fused-ring (bicyclic) bond motifs is 2. The van der Waals surface area contributed by atoms with Gasteiger partial charge in [0.1, 0.15) is 5.75 Å². The van der Waals surface area contributed by atoms with Crippen LogP contribution >= 0.6 is 0 Å². The van der Waals surface area contributed by atoms with Crippen molar-refractivity contribution in [2.24, 2.45) is 17.8 Å². The van der Waals surface area contributed by atoms with E-state index in [9.17, 15) is 24.9 Å². The molecule has 0 aromatic heterocycles. The number of hydrogen-bond donors (Lipinski definition) is 3. The molecule has 1 fully saturated rings. The van der Waals surface area contributed by atoms with E-state index in [2.05, 4.69) is 58.0 Å². The fourth-order valence-corrected chi connectivity index (χ4v) is 13.2. The Bertz CT molecular complexity index is 1940. The summed E-state index contributed by atoms with van der Waals surface area (Å²) in [5.41, 5.74) is 3.54. The number of nitrogens with zero attached hydrogens (tertiary/aromatic N) is 1. The number of allylic oxidation sites excluding steroid dienone is 1. The summed E-state index contributed by atoms with van der Waals surface area (Å²) >= 11 is 0. The molecule has 1 heterocycles. The smallest absolute Gasteiger partial charge is 0.261 e. The van der Waals surface area contributed by atoms with Crippen molar-refractivity contribution < 1.29 is 29.3 Å². The molecule has 0 bridgehead atoms. The Kier molecular flexibility index (Phi) is 11.0. The zero-order chi connectivity index (χ0) is 37.2. The van der Waals surface area contributed by atoms with Crippen LogP contribution in [0.25, 0.3) is 16.8 Å². The molecule has 4 aromatic carbocycles. The third kappa shape index (κ3) is 6.81. The molecule has 0 unspecified atom stereocenters. The summed E-state index contributed by atoms with van der Waals surface area (Å²) in [6, 6.07) is 32.0. The average molecular weight is 718 g/mol. The molecule has 272 valence electrons. The highest BCUT2D eigenvalue weighted by Gasteiger charge is 2.55. The van der Waals surface area contributed by atoms with E-state index in [1.807, 2.05) is 66.7 Å². The average Bonchev–Trinajstić information content (AvgIpc) is 3.37. The van der Waals surface area contributed by atoms with E-state index >= 15 is 0 Å². The predicted molar refractivity (Wildman–Crippen MR) is 210 cm³/mol. The van der Waals surface area contributed by atoms with E-state index in [1.165, 1.54) is 11.9 Å². The monoisotopic (exact) mass is 717 g/mol. The van der Waals surface area contributed by atoms with Crippen LogP contribution in [0, 0.1) is 17.8 Å². The van der Waals surface area contributed by atoms with Crippen molar-refractivity contribution in [1.29, 1.82) is 0 Å². The quantitative estimate of drug-likeness (QED) is 0.0867. The fourth-order valence-electron chi connectivity index (χ4n) is 8.69. The SMILES string of the molecule is CC/C(=C\c1ccc(O)c2ccccc12)CC[C@@H](O)C1=C(CO[Si](c2ccccc2)(c2ccccc2)C(C)(C)C)C[C@H]2C(=O)N(C)C(=O)[C@H]2[C@H]1CO. The Morgan fingerprint density at radius 3 is 2.08 bits per heavy atom. The van der Waals surface area contributed by atoms with Gasteiger partial charge in [-0.15, -0.1) is 0 Å². The van der Waals surface area contributed by atoms with Gasteiger partial charge >= 0.3 is 0 Å². The maximum atomic E-state index is 13.5. The standard InChI is InChI=1S/C44H51NO6Si/c1-6-29(25-30-22-24-38(47)35-20-14-13-19-34(30)35)21-23-39(48)40-31(26-36-41(37(40)27-46)43(50)45(5)42(36)49)28-51-52(44(2,3)4,32-15-9-7-10-16-32)33-17-11-8-12-18-33/h7-20,22,24-25,36-37,39,41,46-48H,6,21,23,26-28H2,1-5H3/b29-25+/t36-,37+,39-,41-/m1/s1. The maximum Gasteiger partial charge on any atom is 0.261 e. The largest absolute Gasteiger partial charge is 0.507 e. The van der Waals surface area contributed by atoms with Crippen LogP contribution in [0.1, 0.15) is 58.9 Å². The minimum Gasteiger partial charge on any atom is -0.507 e. The molecular weight excluding hydrogens is 667 g/mol. The molecule has 1 aliphatic carbocycles. The Morgan fingerprint density at radius 1 is 0.904 bits per heavy atom. The van der Waals surface area contributed by atoms with Crippen LogP contribution in [-0.2, 0) is 14.0 Å². The Balaban J connectivity index is 1.39. The van der Waals surface area contributed by atoms with Crippen molar-refractivity contribution in [3.8, 4) is 5.75 Å². The molecule has 4 atom stereocenters. The second-order valence-corrected chi connectivity index (χ2v) is 19.6. The minimum absolute atomic E-state index is 0.167. The zero-order valence-electron chi connectivity index (χ0n) is 30.9. The number of carbonyl (C=O) groups excluding carboxylic acids is 2. The molecule has 3 N–H and O–H groups in total. The normalized spacial score (nSPS) is 20.5. The molecule has 0 saturated carbocycles. The minimum atomic E-state index is -2.99. The lowest BCUT2D eigenvalue weighted by atomic mass is 9.68. The first-order valence-electron chi connectivity index (χ1n) is 18.4. The van der Waals surface area contributed by atoms with Crippen molar-refractivity contribution in [1.82, 2.24) is 4.90 Å². The number of rotatable bonds is 12. The molecule has 8 heteroatoms. The zero-order valence-corrected chi connectivity index (χ0v) is 31.9. The number of hydrogen-bond acceptors (Lipinski definition) is 6. The van der Waals surface area contributed by atoms with Crippen molar-refractivity contribution in [2.45, 2.75) is 64.5 Å². The number of aliphatic hydroxyl groups excluding tert-OH is 2. The van der Waals surface area contributed by atoms with Crippen molar-refractivity contribution >= 4 is 47.4 Å². The molecule has 52 heavy (non-hydrogen) atoms. The summed E-state index contributed by atoms with van der Waals surface area (Å²) in [5.74, 6) is -2.37. The molecule has 4 aromatic rings. The molecule has 2 aliphatic rings. The lowest BCUT2D eigenvalue weighted by Crippen LogP contribution is -2.66. The van der Waals surface area contributed by atoms with E-state index in [4.69, 9.17) is 4.43 Å². The highest BCUT2D eigenvalue weighted by molar-refractivity contribution is 6.99. The second kappa shape index (κ2) is 15.3. The number of likely N-dealkylation sites (tertiary alicyclic amines) is 1. The van der Waals surface area contributed by atoms with Crippen LogP contribution in [0.2, 0.25) is 5.04 Å². The number of aromatic hydroxyl groups is 1. The van der Waals surface area contributed by atoms with Crippen molar-refractivity contribution in [3.05, 3.63) is 119 Å². The molecular formula is C44H51NO6Si. The van der Waals surface area contributed by atoms with Gasteiger partial charge in [-0.05, 0) is 69.3 Å². The second-order valence-electron chi connectivity index (χ2n) is 15.3. The number of phenols is 1. The maximum absolute atomic E-state index is 13.5. The summed E-state index contributed by atoms with van der Waals surface area (Å²) in [6.07, 6.45) is 3.17. The van der Waals surface area contributed by atoms with Crippen LogP contribution in [0.5, 0.6) is 5.75 Å². The van der Waals surface area contributed by atoms with E-state index < -0.39 is 32.2 Å². The summed E-state index contributed by atoms with van der Waals surface area (Å²) in [6.45, 7) is 8.52. The topological polar surface area (TPSA) is 107 Å². The van der Waals surface area contributed by atoms with Crippen molar-refractivity contribution in [3.63, 3.8) is 0 Å². The van der Waals surface area contributed by atoms with Gasteiger partial charge in [0.25, 0.3) is 8.32 Å². The first-order valence-corrected chi connectivity index (χ1v) is 20.3. The lowest BCUT2D eigenvalue weighted by Gasteiger charge is -2.44. The van der Waals surface area contributed by atoms with Gasteiger partial charge in [0, 0.05) is 18.4 Å². The summed E-state index contributed by atoms with van der Waals surface area (Å²) in [4.78, 5) is 28.1. The lowest BCUT2D eigenvalue weighted by molar-refractivity contribution is -0.138. The van der Waals surface area contributed by atoms with E-state index in [1.54, 1.807) is 6.07 Å². The summed E-state index contributed by atoms with van der Waals surface area (Å²) < 4.78 is 7.34. The number of aliphatic hydroxyl groups is 2. The highest BCUT2D eigenvalue weighted by Crippen LogP contribution is 2.47. The third-order valence-electron chi connectivity index (χ3n) is 11.3. The summed E-state index contributed by atoms with van der Waals surface area (Å²) in [5, 5.41) is 37.2. The van der Waals surface area contributed by atoms with E-state index in [0.29, 0.717) is 18.4 Å². The number of carbonyl (C=O) groups is 2. The Morgan fingerprint density at radius 2 is 1.50 bits per heavy atom. The first kappa shape index (κ1) is 37.4. The van der Waals surface area contributed by atoms with Crippen LogP contribution in [0.3, 0.4) is 0 Å². The van der Waals surface area contributed by atoms with Gasteiger partial charge < -0.3 is 19.7 Å². The first-order chi connectivity index (χ1) is 24.9. The fraction of sp³-hybridized carbons (Fsp3) is 0.364. The number of amides is 2. The number of benzene rings is 4. The van der Waals surface area contributed by atoms with E-state index in [-0.39, 0.29) is 42.2 Å². The van der Waals surface area contributed by atoms with Gasteiger partial charge in [-0.2, -0.15) is 0 Å². The number of imide groups is 1. The predicted octanol–water partition coefficient (Wildman–Crippen LogP) is 6.60. The van der Waals surface area contributed by atoms with Crippen molar-refractivity contribution in [2.75, 3.05) is 20.3 Å². The highest BCUT2D eigenvalue weighted by atomic mass is 28.4.